The minimum Gasteiger partial charge on any atom is -0.478 e. The highest BCUT2D eigenvalue weighted by atomic mass is 16.5. The lowest BCUT2D eigenvalue weighted by Gasteiger charge is -2.22. The first-order chi connectivity index (χ1) is 9.78. The highest BCUT2D eigenvalue weighted by Crippen LogP contribution is 2.12. The van der Waals surface area contributed by atoms with Gasteiger partial charge in [-0.3, -0.25) is 4.79 Å². The van der Waals surface area contributed by atoms with Crippen molar-refractivity contribution in [2.45, 2.75) is 25.9 Å². The number of rotatable bonds is 6. The third kappa shape index (κ3) is 4.79. The van der Waals surface area contributed by atoms with Gasteiger partial charge >= 0.3 is 0 Å². The third-order valence-electron chi connectivity index (χ3n) is 3.05. The second-order valence-electron chi connectivity index (χ2n) is 4.63. The second kappa shape index (κ2) is 7.81. The maximum absolute atomic E-state index is 11.8. The summed E-state index contributed by atoms with van der Waals surface area (Å²) in [4.78, 5) is 15.8. The number of hydrogen-bond donors (Lipinski definition) is 2. The van der Waals surface area contributed by atoms with Crippen LogP contribution < -0.4 is 15.4 Å². The van der Waals surface area contributed by atoms with Crippen LogP contribution in [-0.4, -0.2) is 43.3 Å². The predicted octanol–water partition coefficient (Wildman–Crippen LogP) is 1.19. The number of piperidine rings is 1. The Kier molecular flexibility index (Phi) is 5.76. The molecular formula is C14H21N3O3. The molecule has 6 nitrogen and oxygen atoms in total. The Morgan fingerprint density at radius 1 is 1.45 bits per heavy atom. The molecule has 2 rings (SSSR count). The number of anilines is 1. The Hall–Kier alpha value is -1.66. The first kappa shape index (κ1) is 14.7. The van der Waals surface area contributed by atoms with E-state index in [-0.39, 0.29) is 18.6 Å². The van der Waals surface area contributed by atoms with Crippen LogP contribution in [0.5, 0.6) is 5.88 Å². The lowest BCUT2D eigenvalue weighted by molar-refractivity contribution is -0.123. The standard InChI is InChI=1S/C14H21N3O3/c1-2-19-14-4-3-11(9-16-14)17-13(18)10-20-12-5-7-15-8-6-12/h3-4,9,12,15H,2,5-8,10H2,1H3,(H,17,18). The molecule has 0 bridgehead atoms. The van der Waals surface area contributed by atoms with E-state index in [1.54, 1.807) is 18.3 Å². The highest BCUT2D eigenvalue weighted by Gasteiger charge is 2.14. The predicted molar refractivity (Wildman–Crippen MR) is 75.9 cm³/mol. The van der Waals surface area contributed by atoms with Gasteiger partial charge in [0.25, 0.3) is 0 Å². The molecule has 1 fully saturated rings. The monoisotopic (exact) mass is 279 g/mol. The van der Waals surface area contributed by atoms with Gasteiger partial charge in [-0.25, -0.2) is 4.98 Å². The van der Waals surface area contributed by atoms with Gasteiger partial charge in [-0.1, -0.05) is 0 Å². The number of nitrogens with zero attached hydrogens (tertiary/aromatic N) is 1. The van der Waals surface area contributed by atoms with Gasteiger partial charge in [0.1, 0.15) is 6.61 Å². The van der Waals surface area contributed by atoms with Crippen LogP contribution >= 0.6 is 0 Å². The third-order valence-corrected chi connectivity index (χ3v) is 3.05. The lowest BCUT2D eigenvalue weighted by atomic mass is 10.1. The van der Waals surface area contributed by atoms with Crippen LogP contribution in [0.2, 0.25) is 0 Å². The topological polar surface area (TPSA) is 72.5 Å². The quantitative estimate of drug-likeness (QED) is 0.818. The average molecular weight is 279 g/mol. The van der Waals surface area contributed by atoms with Crippen LogP contribution in [0, 0.1) is 0 Å². The summed E-state index contributed by atoms with van der Waals surface area (Å²) < 4.78 is 10.8. The molecule has 6 heteroatoms. The molecule has 110 valence electrons. The summed E-state index contributed by atoms with van der Waals surface area (Å²) in [5, 5.41) is 6.01. The molecule has 2 heterocycles. The number of aromatic nitrogens is 1. The molecule has 1 amide bonds. The number of amides is 1. The minimum atomic E-state index is -0.158. The van der Waals surface area contributed by atoms with Crippen LogP contribution in [0.25, 0.3) is 0 Å². The Balaban J connectivity index is 1.73. The maximum Gasteiger partial charge on any atom is 0.250 e. The number of nitrogens with one attached hydrogen (secondary N) is 2. The Labute approximate surface area is 118 Å². The molecular weight excluding hydrogens is 258 g/mol. The fourth-order valence-electron chi connectivity index (χ4n) is 2.04. The van der Waals surface area contributed by atoms with Gasteiger partial charge in [-0.2, -0.15) is 0 Å². The Morgan fingerprint density at radius 3 is 2.90 bits per heavy atom. The highest BCUT2D eigenvalue weighted by molar-refractivity contribution is 5.91. The number of hydrogen-bond acceptors (Lipinski definition) is 5. The number of ether oxygens (including phenoxy) is 2. The maximum atomic E-state index is 11.8. The van der Waals surface area contributed by atoms with Gasteiger partial charge in [0.2, 0.25) is 11.8 Å². The SMILES string of the molecule is CCOc1ccc(NC(=O)COC2CCNCC2)cn1. The zero-order chi connectivity index (χ0) is 14.2. The van der Waals surface area contributed by atoms with Gasteiger partial charge < -0.3 is 20.1 Å². The summed E-state index contributed by atoms with van der Waals surface area (Å²) in [5.41, 5.74) is 0.646. The van der Waals surface area contributed by atoms with Gasteiger partial charge in [0.05, 0.1) is 24.6 Å². The van der Waals surface area contributed by atoms with E-state index in [4.69, 9.17) is 9.47 Å². The molecule has 0 spiro atoms. The summed E-state index contributed by atoms with van der Waals surface area (Å²) in [6.45, 7) is 4.46. The summed E-state index contributed by atoms with van der Waals surface area (Å²) in [6.07, 6.45) is 3.67. The molecule has 2 N–H and O–H groups in total. The molecule has 0 aromatic carbocycles. The van der Waals surface area contributed by atoms with Gasteiger partial charge in [-0.05, 0) is 38.9 Å². The van der Waals surface area contributed by atoms with E-state index in [1.165, 1.54) is 0 Å². The largest absolute Gasteiger partial charge is 0.478 e. The van der Waals surface area contributed by atoms with Crippen LogP contribution in [-0.2, 0) is 9.53 Å². The van der Waals surface area contributed by atoms with Gasteiger partial charge in [0, 0.05) is 6.07 Å². The van der Waals surface area contributed by atoms with Crippen LogP contribution in [0.3, 0.4) is 0 Å². The average Bonchev–Trinajstić information content (AvgIpc) is 2.49. The first-order valence-corrected chi connectivity index (χ1v) is 6.99. The molecule has 0 aliphatic carbocycles. The van der Waals surface area contributed by atoms with E-state index in [0.29, 0.717) is 18.2 Å². The Morgan fingerprint density at radius 2 is 2.25 bits per heavy atom. The molecule has 0 saturated carbocycles. The fraction of sp³-hybridized carbons (Fsp3) is 0.571. The normalized spacial score (nSPS) is 15.8. The van der Waals surface area contributed by atoms with Gasteiger partial charge in [-0.15, -0.1) is 0 Å². The van der Waals surface area contributed by atoms with Crippen molar-refractivity contribution in [2.24, 2.45) is 0 Å². The molecule has 1 aliphatic rings. The van der Waals surface area contributed by atoms with E-state index in [1.807, 2.05) is 6.92 Å². The zero-order valence-corrected chi connectivity index (χ0v) is 11.7. The van der Waals surface area contributed by atoms with E-state index in [0.717, 1.165) is 25.9 Å². The van der Waals surface area contributed by atoms with Crippen molar-refractivity contribution in [3.8, 4) is 5.88 Å². The van der Waals surface area contributed by atoms with E-state index < -0.39 is 0 Å². The first-order valence-electron chi connectivity index (χ1n) is 6.99. The van der Waals surface area contributed by atoms with Crippen LogP contribution in [0.15, 0.2) is 18.3 Å². The van der Waals surface area contributed by atoms with Crippen molar-refractivity contribution in [3.63, 3.8) is 0 Å². The van der Waals surface area contributed by atoms with E-state index in [2.05, 4.69) is 15.6 Å². The summed E-state index contributed by atoms with van der Waals surface area (Å²) in [6, 6.07) is 3.49. The molecule has 0 atom stereocenters. The Bertz CT molecular complexity index is 416. The lowest BCUT2D eigenvalue weighted by Crippen LogP contribution is -2.34. The molecule has 0 unspecified atom stereocenters. The van der Waals surface area contributed by atoms with Gasteiger partial charge in [0.15, 0.2) is 0 Å². The molecule has 0 radical (unpaired) electrons. The van der Waals surface area contributed by atoms with Crippen LogP contribution in [0.1, 0.15) is 19.8 Å². The minimum absolute atomic E-state index is 0.0812. The van der Waals surface area contributed by atoms with E-state index >= 15 is 0 Å². The van der Waals surface area contributed by atoms with Crippen molar-refractivity contribution in [1.29, 1.82) is 0 Å². The van der Waals surface area contributed by atoms with Crippen molar-refractivity contribution >= 4 is 11.6 Å². The molecule has 1 aromatic rings. The molecule has 20 heavy (non-hydrogen) atoms. The van der Waals surface area contributed by atoms with E-state index in [9.17, 15) is 4.79 Å². The second-order valence-corrected chi connectivity index (χ2v) is 4.63. The van der Waals surface area contributed by atoms with Crippen molar-refractivity contribution in [1.82, 2.24) is 10.3 Å². The van der Waals surface area contributed by atoms with Crippen molar-refractivity contribution in [3.05, 3.63) is 18.3 Å². The smallest absolute Gasteiger partial charge is 0.250 e. The summed E-state index contributed by atoms with van der Waals surface area (Å²) in [5.74, 6) is 0.394. The molecule has 1 aliphatic heterocycles. The number of carbonyl (C=O) groups excluding carboxylic acids is 1. The van der Waals surface area contributed by atoms with Crippen LogP contribution in [0.4, 0.5) is 5.69 Å². The zero-order valence-electron chi connectivity index (χ0n) is 11.7. The number of carbonyl (C=O) groups is 1. The molecule has 1 aromatic heterocycles. The molecule has 1 saturated heterocycles. The summed E-state index contributed by atoms with van der Waals surface area (Å²) in [7, 11) is 0. The van der Waals surface area contributed by atoms with Crippen molar-refractivity contribution < 1.29 is 14.3 Å². The number of pyridine rings is 1. The summed E-state index contributed by atoms with van der Waals surface area (Å²) >= 11 is 0. The van der Waals surface area contributed by atoms with Crippen molar-refractivity contribution in [2.75, 3.05) is 31.6 Å². The fourth-order valence-corrected chi connectivity index (χ4v) is 2.04.